The molecule has 0 aromatic rings. The van der Waals surface area contributed by atoms with E-state index in [-0.39, 0.29) is 27.1 Å². The largest absolute Gasteiger partial charge is 2.00 e. The van der Waals surface area contributed by atoms with E-state index < -0.39 is 0 Å². The normalized spacial score (nSPS) is 26.9. The average Bonchev–Trinajstić information content (AvgIpc) is 2.31. The van der Waals surface area contributed by atoms with E-state index in [1.54, 1.807) is 0 Å². The van der Waals surface area contributed by atoms with E-state index >= 15 is 0 Å². The molecule has 0 amide bonds. The molecule has 0 saturated carbocycles. The molecule has 88 valence electrons. The van der Waals surface area contributed by atoms with Crippen molar-refractivity contribution in [2.45, 2.75) is 47.1 Å². The zero-order valence-corrected chi connectivity index (χ0v) is 13.3. The minimum Gasteiger partial charge on any atom is -0.307 e. The van der Waals surface area contributed by atoms with Gasteiger partial charge in [0.1, 0.15) is 0 Å². The predicted octanol–water partition coefficient (Wildman–Crippen LogP) is 3.43. The zero-order valence-electron chi connectivity index (χ0n) is 11.7. The van der Waals surface area contributed by atoms with Gasteiger partial charge < -0.3 is 4.90 Å². The first-order valence-electron chi connectivity index (χ1n) is 5.81. The van der Waals surface area contributed by atoms with Crippen molar-refractivity contribution in [3.8, 4) is 0 Å². The molecule has 2 heteroatoms. The molecule has 1 rings (SSSR count). The van der Waals surface area contributed by atoms with Crippen LogP contribution in [0.1, 0.15) is 41.0 Å². The van der Waals surface area contributed by atoms with Gasteiger partial charge in [-0.3, -0.25) is 6.08 Å². The molecule has 0 bridgehead atoms. The Morgan fingerprint density at radius 3 is 2.00 bits per heavy atom. The second kappa shape index (κ2) is 5.66. The van der Waals surface area contributed by atoms with E-state index in [4.69, 9.17) is 0 Å². The third-order valence-electron chi connectivity index (χ3n) is 4.03. The van der Waals surface area contributed by atoms with E-state index in [9.17, 15) is 0 Å². The van der Waals surface area contributed by atoms with E-state index in [0.717, 1.165) is 6.42 Å². The molecule has 1 aliphatic carbocycles. The summed E-state index contributed by atoms with van der Waals surface area (Å²) in [6, 6.07) is 0.546. The first-order valence-corrected chi connectivity index (χ1v) is 5.81. The number of nitrogens with zero attached hydrogens (tertiary/aromatic N) is 1. The third kappa shape index (κ3) is 2.52. The van der Waals surface area contributed by atoms with Crippen molar-refractivity contribution >= 4 is 0 Å². The Labute approximate surface area is 116 Å². The summed E-state index contributed by atoms with van der Waals surface area (Å²) in [6.45, 7) is 11.2. The van der Waals surface area contributed by atoms with Gasteiger partial charge in [-0.2, -0.15) is 11.1 Å². The average molecular weight is 254 g/mol. The van der Waals surface area contributed by atoms with Crippen molar-refractivity contribution in [2.75, 3.05) is 14.1 Å². The summed E-state index contributed by atoms with van der Waals surface area (Å²) in [5, 5.41) is 0. The van der Waals surface area contributed by atoms with Gasteiger partial charge in [0.25, 0.3) is 0 Å². The van der Waals surface area contributed by atoms with Gasteiger partial charge in [0.15, 0.2) is 0 Å². The Morgan fingerprint density at radius 1 is 1.25 bits per heavy atom. The van der Waals surface area contributed by atoms with Crippen LogP contribution in [0.15, 0.2) is 16.7 Å². The van der Waals surface area contributed by atoms with Gasteiger partial charge in [0, 0.05) is 6.04 Å². The van der Waals surface area contributed by atoms with Crippen molar-refractivity contribution in [1.82, 2.24) is 4.90 Å². The first kappa shape index (κ1) is 16.2. The molecule has 0 fully saturated rings. The number of hydrogen-bond acceptors (Lipinski definition) is 1. The molecule has 0 spiro atoms. The van der Waals surface area contributed by atoms with Crippen molar-refractivity contribution in [2.24, 2.45) is 5.41 Å². The van der Waals surface area contributed by atoms with Crippen LogP contribution in [0, 0.1) is 11.5 Å². The van der Waals surface area contributed by atoms with Crippen LogP contribution in [0.5, 0.6) is 0 Å². The Bertz CT molecular complexity index is 315. The summed E-state index contributed by atoms with van der Waals surface area (Å²) in [4.78, 5) is 2.32. The number of rotatable bonds is 3. The van der Waals surface area contributed by atoms with Crippen molar-refractivity contribution in [3.63, 3.8) is 0 Å². The molecule has 16 heavy (non-hydrogen) atoms. The van der Waals surface area contributed by atoms with Crippen molar-refractivity contribution in [1.29, 1.82) is 0 Å². The minimum absolute atomic E-state index is 0. The standard InChI is InChI=1S/C14H24N.Ti/c1-8-13(15(6)7)14(5)9-10(2)11(3)12(14)4;/h13H,8H2,1-7H3;/q-1;+2. The fourth-order valence-corrected chi connectivity index (χ4v) is 2.87. The van der Waals surface area contributed by atoms with Gasteiger partial charge in [0.2, 0.25) is 0 Å². The van der Waals surface area contributed by atoms with Gasteiger partial charge in [-0.25, -0.2) is 5.57 Å². The van der Waals surface area contributed by atoms with Gasteiger partial charge in [-0.15, -0.1) is 6.92 Å². The zero-order chi connectivity index (χ0) is 11.8. The van der Waals surface area contributed by atoms with E-state index in [0.29, 0.717) is 6.04 Å². The summed E-state index contributed by atoms with van der Waals surface area (Å²) < 4.78 is 0. The van der Waals surface area contributed by atoms with Gasteiger partial charge in [-0.05, 0) is 20.5 Å². The Morgan fingerprint density at radius 2 is 1.75 bits per heavy atom. The van der Waals surface area contributed by atoms with Gasteiger partial charge >= 0.3 is 21.7 Å². The maximum absolute atomic E-state index is 3.66. The summed E-state index contributed by atoms with van der Waals surface area (Å²) >= 11 is 0. The van der Waals surface area contributed by atoms with E-state index in [2.05, 4.69) is 59.7 Å². The first-order chi connectivity index (χ1) is 6.84. The molecular formula is C14H24NTi+. The second-order valence-corrected chi connectivity index (χ2v) is 5.09. The molecule has 0 aromatic heterocycles. The van der Waals surface area contributed by atoms with Crippen LogP contribution >= 0.6 is 0 Å². The van der Waals surface area contributed by atoms with Crippen LogP contribution in [0.2, 0.25) is 0 Å². The SMILES string of the molecule is CCC(N(C)C)C1(C)[C-]=C(C)C(C)=C1C.[Ti+2]. The molecule has 0 radical (unpaired) electrons. The van der Waals surface area contributed by atoms with Crippen molar-refractivity contribution < 1.29 is 21.7 Å². The predicted molar refractivity (Wildman–Crippen MR) is 66.7 cm³/mol. The van der Waals surface area contributed by atoms with E-state index in [1.807, 2.05) is 0 Å². The molecular weight excluding hydrogens is 230 g/mol. The quantitative estimate of drug-likeness (QED) is 0.551. The monoisotopic (exact) mass is 254 g/mol. The smallest absolute Gasteiger partial charge is 0.307 e. The molecule has 0 heterocycles. The van der Waals surface area contributed by atoms with Gasteiger partial charge in [0.05, 0.1) is 0 Å². The van der Waals surface area contributed by atoms with E-state index in [1.165, 1.54) is 16.7 Å². The molecule has 0 N–H and O–H groups in total. The van der Waals surface area contributed by atoms with Crippen LogP contribution in [0.25, 0.3) is 0 Å². The Hall–Kier alpha value is 0.154. The molecule has 1 nitrogen and oxygen atoms in total. The number of hydrogen-bond donors (Lipinski definition) is 0. The Balaban J connectivity index is 0.00000225. The van der Waals surface area contributed by atoms with Gasteiger partial charge in [-0.1, -0.05) is 33.1 Å². The summed E-state index contributed by atoms with van der Waals surface area (Å²) in [5.74, 6) is 0. The summed E-state index contributed by atoms with van der Waals surface area (Å²) in [7, 11) is 4.33. The molecule has 0 aromatic carbocycles. The number of allylic oxidation sites excluding steroid dienone is 2. The van der Waals surface area contributed by atoms with Crippen LogP contribution in [-0.4, -0.2) is 25.0 Å². The molecule has 0 aliphatic heterocycles. The maximum atomic E-state index is 3.66. The van der Waals surface area contributed by atoms with Crippen molar-refractivity contribution in [3.05, 3.63) is 22.8 Å². The topological polar surface area (TPSA) is 3.24 Å². The van der Waals surface area contributed by atoms with Crippen LogP contribution in [0.3, 0.4) is 0 Å². The Kier molecular flexibility index (Phi) is 5.72. The molecule has 0 saturated heterocycles. The third-order valence-corrected chi connectivity index (χ3v) is 4.03. The fraction of sp³-hybridized carbons (Fsp3) is 0.714. The summed E-state index contributed by atoms with van der Waals surface area (Å²) in [5.41, 5.74) is 4.35. The van der Waals surface area contributed by atoms with Crippen LogP contribution in [0.4, 0.5) is 0 Å². The van der Waals surface area contributed by atoms with Crippen LogP contribution in [-0.2, 0) is 21.7 Å². The summed E-state index contributed by atoms with van der Waals surface area (Å²) in [6.07, 6.45) is 4.82. The minimum atomic E-state index is 0. The molecule has 1 aliphatic rings. The fourth-order valence-electron chi connectivity index (χ4n) is 2.87. The molecule has 2 unspecified atom stereocenters. The second-order valence-electron chi connectivity index (χ2n) is 5.09. The van der Waals surface area contributed by atoms with Crippen LogP contribution < -0.4 is 0 Å². The molecule has 2 atom stereocenters. The maximum Gasteiger partial charge on any atom is 2.00 e.